The van der Waals surface area contributed by atoms with Gasteiger partial charge in [0.05, 0.1) is 7.11 Å². The number of ether oxygens (including phenoxy) is 2. The van der Waals surface area contributed by atoms with Crippen LogP contribution >= 0.6 is 0 Å². The Hall–Kier alpha value is -2.82. The molecule has 0 bridgehead atoms. The van der Waals surface area contributed by atoms with E-state index in [9.17, 15) is 9.59 Å². The number of para-hydroxylation sites is 2. The highest BCUT2D eigenvalue weighted by molar-refractivity contribution is 6.32. The lowest BCUT2D eigenvalue weighted by atomic mass is 10.1. The Morgan fingerprint density at radius 3 is 2.39 bits per heavy atom. The van der Waals surface area contributed by atoms with E-state index in [-0.39, 0.29) is 6.42 Å². The highest BCUT2D eigenvalue weighted by Crippen LogP contribution is 2.26. The topological polar surface area (TPSA) is 72.8 Å². The van der Waals surface area contributed by atoms with E-state index in [1.165, 1.54) is 0 Å². The second-order valence-electron chi connectivity index (χ2n) is 4.99. The number of Topliss-reactive ketones (excluding diaryl/α,β-unsaturated/α-hetero) is 1. The number of aliphatic carboxylic acids is 1. The molecule has 5 nitrogen and oxygen atoms in total. The molecular formula is C18H18O5. The van der Waals surface area contributed by atoms with E-state index in [0.29, 0.717) is 24.5 Å². The van der Waals surface area contributed by atoms with Crippen molar-refractivity contribution >= 4 is 11.8 Å². The Bertz CT molecular complexity index is 693. The molecule has 0 spiro atoms. The first-order valence-corrected chi connectivity index (χ1v) is 7.20. The Kier molecular flexibility index (Phi) is 5.74. The molecule has 120 valence electrons. The summed E-state index contributed by atoms with van der Waals surface area (Å²) in [4.78, 5) is 21.7. The molecule has 5 heteroatoms. The van der Waals surface area contributed by atoms with Gasteiger partial charge in [-0.25, -0.2) is 4.79 Å². The number of hydrogen-bond donors (Lipinski definition) is 1. The standard InChI is InChI=1S/C18H18O5/c1-22-16-7-2-3-8-17(16)23-12-14-6-4-5-13(11-14)9-10-15(19)18(20)21/h2-8,11H,9-10,12H2,1H3,(H,20,21). The van der Waals surface area contributed by atoms with Crippen molar-refractivity contribution in [2.24, 2.45) is 0 Å². The van der Waals surface area contributed by atoms with Gasteiger partial charge in [-0.3, -0.25) is 4.79 Å². The summed E-state index contributed by atoms with van der Waals surface area (Å²) in [5.74, 6) is -0.849. The fourth-order valence-corrected chi connectivity index (χ4v) is 2.14. The van der Waals surface area contributed by atoms with Crippen molar-refractivity contribution in [1.29, 1.82) is 0 Å². The lowest BCUT2D eigenvalue weighted by Crippen LogP contribution is -2.13. The van der Waals surface area contributed by atoms with Gasteiger partial charge in [0.1, 0.15) is 6.61 Å². The minimum Gasteiger partial charge on any atom is -0.493 e. The molecule has 0 unspecified atom stereocenters. The molecule has 23 heavy (non-hydrogen) atoms. The third-order valence-electron chi connectivity index (χ3n) is 3.33. The minimum atomic E-state index is -1.39. The van der Waals surface area contributed by atoms with Gasteiger partial charge < -0.3 is 14.6 Å². The largest absolute Gasteiger partial charge is 0.493 e. The lowest BCUT2D eigenvalue weighted by Gasteiger charge is -2.11. The van der Waals surface area contributed by atoms with E-state index in [0.717, 1.165) is 11.1 Å². The predicted molar refractivity (Wildman–Crippen MR) is 84.7 cm³/mol. The molecule has 0 radical (unpaired) electrons. The molecule has 0 aliphatic heterocycles. The van der Waals surface area contributed by atoms with Crippen LogP contribution < -0.4 is 9.47 Å². The molecule has 0 saturated heterocycles. The van der Waals surface area contributed by atoms with Crippen LogP contribution in [0.5, 0.6) is 11.5 Å². The first kappa shape index (κ1) is 16.5. The van der Waals surface area contributed by atoms with E-state index < -0.39 is 11.8 Å². The molecule has 0 aromatic heterocycles. The van der Waals surface area contributed by atoms with Crippen molar-refractivity contribution < 1.29 is 24.2 Å². The number of carboxylic acid groups (broad SMARTS) is 1. The highest BCUT2D eigenvalue weighted by Gasteiger charge is 2.11. The third kappa shape index (κ3) is 4.85. The van der Waals surface area contributed by atoms with Crippen molar-refractivity contribution in [2.45, 2.75) is 19.4 Å². The third-order valence-corrected chi connectivity index (χ3v) is 3.33. The highest BCUT2D eigenvalue weighted by atomic mass is 16.5. The number of carboxylic acids is 1. The number of rotatable bonds is 8. The fraction of sp³-hybridized carbons (Fsp3) is 0.222. The van der Waals surface area contributed by atoms with Crippen LogP contribution in [0, 0.1) is 0 Å². The van der Waals surface area contributed by atoms with Crippen molar-refractivity contribution in [3.8, 4) is 11.5 Å². The Morgan fingerprint density at radius 2 is 1.70 bits per heavy atom. The van der Waals surface area contributed by atoms with Gasteiger partial charge in [0, 0.05) is 6.42 Å². The SMILES string of the molecule is COc1ccccc1OCc1cccc(CCC(=O)C(=O)O)c1. The molecule has 2 aromatic carbocycles. The van der Waals surface area contributed by atoms with Gasteiger partial charge in [-0.1, -0.05) is 36.4 Å². The molecule has 0 heterocycles. The van der Waals surface area contributed by atoms with Gasteiger partial charge in [-0.2, -0.15) is 0 Å². The normalized spacial score (nSPS) is 10.1. The Balaban J connectivity index is 1.97. The monoisotopic (exact) mass is 314 g/mol. The number of carbonyl (C=O) groups excluding carboxylic acids is 1. The van der Waals surface area contributed by atoms with E-state index in [1.807, 2.05) is 48.5 Å². The first-order chi connectivity index (χ1) is 11.1. The number of hydrogen-bond acceptors (Lipinski definition) is 4. The fourth-order valence-electron chi connectivity index (χ4n) is 2.14. The molecule has 1 N–H and O–H groups in total. The quantitative estimate of drug-likeness (QED) is 0.759. The van der Waals surface area contributed by atoms with Crippen LogP contribution in [0.2, 0.25) is 0 Å². The number of carbonyl (C=O) groups is 2. The van der Waals surface area contributed by atoms with E-state index in [1.54, 1.807) is 7.11 Å². The van der Waals surface area contributed by atoms with Crippen molar-refractivity contribution in [3.63, 3.8) is 0 Å². The van der Waals surface area contributed by atoms with Crippen molar-refractivity contribution in [1.82, 2.24) is 0 Å². The number of methoxy groups -OCH3 is 1. The van der Waals surface area contributed by atoms with E-state index in [2.05, 4.69) is 0 Å². The van der Waals surface area contributed by atoms with Crippen LogP contribution in [0.15, 0.2) is 48.5 Å². The van der Waals surface area contributed by atoms with E-state index >= 15 is 0 Å². The number of aryl methyl sites for hydroxylation is 1. The van der Waals surface area contributed by atoms with Crippen LogP contribution in [0.3, 0.4) is 0 Å². The summed E-state index contributed by atoms with van der Waals surface area (Å²) in [5.41, 5.74) is 1.84. The van der Waals surface area contributed by atoms with Crippen LogP contribution in [0.1, 0.15) is 17.5 Å². The van der Waals surface area contributed by atoms with Crippen LogP contribution in [0.4, 0.5) is 0 Å². The first-order valence-electron chi connectivity index (χ1n) is 7.20. The second-order valence-corrected chi connectivity index (χ2v) is 4.99. The maximum absolute atomic E-state index is 11.1. The maximum atomic E-state index is 11.1. The van der Waals surface area contributed by atoms with Gasteiger partial charge in [0.15, 0.2) is 11.5 Å². The minimum absolute atomic E-state index is 0.00779. The summed E-state index contributed by atoms with van der Waals surface area (Å²) in [6, 6.07) is 14.9. The van der Waals surface area contributed by atoms with Crippen molar-refractivity contribution in [3.05, 3.63) is 59.7 Å². The van der Waals surface area contributed by atoms with Crippen molar-refractivity contribution in [2.75, 3.05) is 7.11 Å². The average molecular weight is 314 g/mol. The molecule has 2 aromatic rings. The van der Waals surface area contributed by atoms with Gasteiger partial charge in [0.25, 0.3) is 0 Å². The van der Waals surface area contributed by atoms with Gasteiger partial charge in [0.2, 0.25) is 5.78 Å². The van der Waals surface area contributed by atoms with Gasteiger partial charge >= 0.3 is 5.97 Å². The van der Waals surface area contributed by atoms with Crippen LogP contribution in [-0.4, -0.2) is 24.0 Å². The zero-order valence-electron chi connectivity index (χ0n) is 12.8. The molecule has 2 rings (SSSR count). The Morgan fingerprint density at radius 1 is 1.00 bits per heavy atom. The van der Waals surface area contributed by atoms with Crippen LogP contribution in [0.25, 0.3) is 0 Å². The molecule has 0 atom stereocenters. The lowest BCUT2D eigenvalue weighted by molar-refractivity contribution is -0.149. The summed E-state index contributed by atoms with van der Waals surface area (Å²) in [7, 11) is 1.59. The molecule has 0 amide bonds. The summed E-state index contributed by atoms with van der Waals surface area (Å²) in [6.07, 6.45) is 0.389. The van der Waals surface area contributed by atoms with Crippen LogP contribution in [-0.2, 0) is 22.6 Å². The van der Waals surface area contributed by atoms with E-state index in [4.69, 9.17) is 14.6 Å². The second kappa shape index (κ2) is 7.98. The average Bonchev–Trinajstić information content (AvgIpc) is 2.58. The zero-order chi connectivity index (χ0) is 16.7. The Labute approximate surface area is 134 Å². The summed E-state index contributed by atoms with van der Waals surface area (Å²) in [6.45, 7) is 0.362. The molecule has 0 aliphatic rings. The summed E-state index contributed by atoms with van der Waals surface area (Å²) in [5, 5.41) is 8.59. The number of ketones is 1. The number of benzene rings is 2. The smallest absolute Gasteiger partial charge is 0.372 e. The molecule has 0 fully saturated rings. The zero-order valence-corrected chi connectivity index (χ0v) is 12.8. The summed E-state index contributed by atoms with van der Waals surface area (Å²) < 4.78 is 11.0. The maximum Gasteiger partial charge on any atom is 0.372 e. The molecule has 0 aliphatic carbocycles. The summed E-state index contributed by atoms with van der Waals surface area (Å²) >= 11 is 0. The predicted octanol–water partition coefficient (Wildman–Crippen LogP) is 2.86. The van der Waals surface area contributed by atoms with Gasteiger partial charge in [-0.05, 0) is 29.7 Å². The molecule has 0 saturated carbocycles. The van der Waals surface area contributed by atoms with Gasteiger partial charge in [-0.15, -0.1) is 0 Å². The molecular weight excluding hydrogens is 296 g/mol.